The molecule has 0 radical (unpaired) electrons. The summed E-state index contributed by atoms with van der Waals surface area (Å²) in [6.07, 6.45) is 0. The lowest BCUT2D eigenvalue weighted by molar-refractivity contribution is 0.584. The minimum Gasteiger partial charge on any atom is -0.332 e. The van der Waals surface area contributed by atoms with Crippen molar-refractivity contribution in [3.05, 3.63) is 59.9 Å². The summed E-state index contributed by atoms with van der Waals surface area (Å²) in [4.78, 5) is 0. The Morgan fingerprint density at radius 1 is 0.789 bits per heavy atom. The number of hydrogen-bond donors (Lipinski definition) is 2. The van der Waals surface area contributed by atoms with Gasteiger partial charge in [0.15, 0.2) is 5.11 Å². The first-order chi connectivity index (χ1) is 9.02. The van der Waals surface area contributed by atoms with E-state index < -0.39 is 17.5 Å². The first-order valence-electron chi connectivity index (χ1n) is 5.32. The van der Waals surface area contributed by atoms with E-state index in [0.29, 0.717) is 5.69 Å². The Morgan fingerprint density at radius 2 is 1.37 bits per heavy atom. The lowest BCUT2D eigenvalue weighted by atomic mass is 10.3. The number of nitrogens with one attached hydrogen (secondary N) is 2. The van der Waals surface area contributed by atoms with Crippen LogP contribution in [0.2, 0.25) is 0 Å². The van der Waals surface area contributed by atoms with Crippen LogP contribution in [0.1, 0.15) is 0 Å². The molecule has 2 nitrogen and oxygen atoms in total. The molecule has 0 aliphatic heterocycles. The number of rotatable bonds is 2. The first-order valence-corrected chi connectivity index (χ1v) is 5.73. The van der Waals surface area contributed by atoms with Crippen molar-refractivity contribution in [3.63, 3.8) is 0 Å². The highest BCUT2D eigenvalue weighted by Gasteiger charge is 2.03. The molecule has 2 aromatic rings. The van der Waals surface area contributed by atoms with Crippen molar-refractivity contribution < 1.29 is 13.2 Å². The average Bonchev–Trinajstić information content (AvgIpc) is 2.26. The minimum atomic E-state index is -0.712. The summed E-state index contributed by atoms with van der Waals surface area (Å²) in [6, 6.07) is 8.63. The Labute approximate surface area is 113 Å². The smallest absolute Gasteiger partial charge is 0.175 e. The van der Waals surface area contributed by atoms with Crippen molar-refractivity contribution in [3.8, 4) is 0 Å². The monoisotopic (exact) mass is 282 g/mol. The van der Waals surface area contributed by atoms with Crippen LogP contribution in [0.4, 0.5) is 24.5 Å². The van der Waals surface area contributed by atoms with Crippen LogP contribution < -0.4 is 10.6 Å². The molecule has 0 bridgehead atoms. The van der Waals surface area contributed by atoms with Crippen LogP contribution in [0.25, 0.3) is 0 Å². The second kappa shape index (κ2) is 5.71. The fraction of sp³-hybridized carbons (Fsp3) is 0. The fourth-order valence-electron chi connectivity index (χ4n) is 1.49. The summed E-state index contributed by atoms with van der Waals surface area (Å²) in [5, 5.41) is 5.42. The van der Waals surface area contributed by atoms with Crippen LogP contribution in [0.15, 0.2) is 42.5 Å². The largest absolute Gasteiger partial charge is 0.332 e. The number of anilines is 2. The van der Waals surface area contributed by atoms with Gasteiger partial charge in [0.25, 0.3) is 0 Å². The van der Waals surface area contributed by atoms with Gasteiger partial charge in [0.05, 0.1) is 0 Å². The van der Waals surface area contributed by atoms with E-state index in [4.69, 9.17) is 12.2 Å². The molecular weight excluding hydrogens is 273 g/mol. The molecule has 0 spiro atoms. The van der Waals surface area contributed by atoms with Gasteiger partial charge < -0.3 is 10.6 Å². The topological polar surface area (TPSA) is 24.1 Å². The Kier molecular flexibility index (Phi) is 4.01. The van der Waals surface area contributed by atoms with Gasteiger partial charge in [0.1, 0.15) is 17.5 Å². The van der Waals surface area contributed by atoms with Gasteiger partial charge in [-0.05, 0) is 42.5 Å². The summed E-state index contributed by atoms with van der Waals surface area (Å²) >= 11 is 4.96. The lowest BCUT2D eigenvalue weighted by Crippen LogP contribution is -2.19. The summed E-state index contributed by atoms with van der Waals surface area (Å²) < 4.78 is 38.9. The Bertz CT molecular complexity index is 596. The van der Waals surface area contributed by atoms with Gasteiger partial charge >= 0.3 is 0 Å². The zero-order chi connectivity index (χ0) is 13.8. The number of thiocarbonyl (C=S) groups is 1. The minimum absolute atomic E-state index is 0.107. The molecule has 0 saturated carbocycles. The molecule has 0 unspecified atom stereocenters. The van der Waals surface area contributed by atoms with Gasteiger partial charge in [-0.1, -0.05) is 6.07 Å². The van der Waals surface area contributed by atoms with Crippen molar-refractivity contribution in [1.82, 2.24) is 0 Å². The molecule has 98 valence electrons. The maximum Gasteiger partial charge on any atom is 0.175 e. The lowest BCUT2D eigenvalue weighted by Gasteiger charge is -2.10. The highest BCUT2D eigenvalue weighted by molar-refractivity contribution is 7.80. The van der Waals surface area contributed by atoms with Crippen LogP contribution >= 0.6 is 12.2 Å². The van der Waals surface area contributed by atoms with Gasteiger partial charge in [-0.15, -0.1) is 0 Å². The van der Waals surface area contributed by atoms with Crippen molar-refractivity contribution in [2.24, 2.45) is 0 Å². The number of halogens is 3. The van der Waals surface area contributed by atoms with Crippen molar-refractivity contribution >= 4 is 28.7 Å². The summed E-state index contributed by atoms with van der Waals surface area (Å²) in [5.74, 6) is -1.84. The molecule has 2 N–H and O–H groups in total. The van der Waals surface area contributed by atoms with Crippen molar-refractivity contribution in [2.45, 2.75) is 0 Å². The predicted molar refractivity (Wildman–Crippen MR) is 72.6 cm³/mol. The van der Waals surface area contributed by atoms with E-state index >= 15 is 0 Å². The summed E-state index contributed by atoms with van der Waals surface area (Å²) in [7, 11) is 0. The predicted octanol–water partition coefficient (Wildman–Crippen LogP) is 3.91. The summed E-state index contributed by atoms with van der Waals surface area (Å²) in [5.41, 5.74) is 0.612. The fourth-order valence-corrected chi connectivity index (χ4v) is 1.72. The van der Waals surface area contributed by atoms with E-state index in [9.17, 15) is 13.2 Å². The molecule has 0 saturated heterocycles. The van der Waals surface area contributed by atoms with Gasteiger partial charge in [-0.25, -0.2) is 13.2 Å². The quantitative estimate of drug-likeness (QED) is 0.817. The van der Waals surface area contributed by atoms with Gasteiger partial charge in [0.2, 0.25) is 0 Å². The third-order valence-electron chi connectivity index (χ3n) is 2.20. The Balaban J connectivity index is 2.05. The zero-order valence-electron chi connectivity index (χ0n) is 9.58. The van der Waals surface area contributed by atoms with E-state index in [2.05, 4.69) is 10.6 Å². The van der Waals surface area contributed by atoms with Crippen LogP contribution in [-0.4, -0.2) is 5.11 Å². The second-order valence-corrected chi connectivity index (χ2v) is 4.16. The van der Waals surface area contributed by atoms with Gasteiger partial charge in [0, 0.05) is 17.4 Å². The Morgan fingerprint density at radius 3 is 2.00 bits per heavy atom. The molecule has 6 heteroatoms. The molecule has 0 aromatic heterocycles. The zero-order valence-corrected chi connectivity index (χ0v) is 10.4. The first kappa shape index (κ1) is 13.4. The maximum absolute atomic E-state index is 13.0. The van der Waals surface area contributed by atoms with E-state index in [-0.39, 0.29) is 10.8 Å². The van der Waals surface area contributed by atoms with Crippen LogP contribution in [0.5, 0.6) is 0 Å². The van der Waals surface area contributed by atoms with E-state index in [0.717, 1.165) is 18.2 Å². The molecule has 0 fully saturated rings. The maximum atomic E-state index is 13.0. The second-order valence-electron chi connectivity index (χ2n) is 3.75. The van der Waals surface area contributed by atoms with Crippen molar-refractivity contribution in [1.29, 1.82) is 0 Å². The molecule has 2 aromatic carbocycles. The van der Waals surface area contributed by atoms with Crippen molar-refractivity contribution in [2.75, 3.05) is 10.6 Å². The third-order valence-corrected chi connectivity index (χ3v) is 2.41. The van der Waals surface area contributed by atoms with E-state index in [1.807, 2.05) is 0 Å². The molecule has 0 amide bonds. The van der Waals surface area contributed by atoms with E-state index in [1.54, 1.807) is 6.07 Å². The number of hydrogen-bond acceptors (Lipinski definition) is 1. The molecular formula is C13H9F3N2S. The molecule has 19 heavy (non-hydrogen) atoms. The molecule has 0 heterocycles. The standard InChI is InChI=1S/C13H9F3N2S/c14-8-2-1-3-11(5-8)17-13(19)18-12-6-9(15)4-10(16)7-12/h1-7H,(H2,17,18,19). The molecule has 0 aliphatic carbocycles. The highest BCUT2D eigenvalue weighted by atomic mass is 32.1. The Hall–Kier alpha value is -2.08. The molecule has 2 rings (SSSR count). The van der Waals surface area contributed by atoms with Crippen LogP contribution in [0, 0.1) is 17.5 Å². The number of benzene rings is 2. The SMILES string of the molecule is Fc1cccc(NC(=S)Nc2cc(F)cc(F)c2)c1. The average molecular weight is 282 g/mol. The van der Waals surface area contributed by atoms with Gasteiger partial charge in [-0.2, -0.15) is 0 Å². The van der Waals surface area contributed by atoms with E-state index in [1.165, 1.54) is 18.2 Å². The third kappa shape index (κ3) is 3.96. The molecule has 0 aliphatic rings. The van der Waals surface area contributed by atoms with Crippen LogP contribution in [0.3, 0.4) is 0 Å². The normalized spacial score (nSPS) is 10.1. The molecule has 0 atom stereocenters. The summed E-state index contributed by atoms with van der Waals surface area (Å²) in [6.45, 7) is 0. The highest BCUT2D eigenvalue weighted by Crippen LogP contribution is 2.14. The van der Waals surface area contributed by atoms with Crippen LogP contribution in [-0.2, 0) is 0 Å². The van der Waals surface area contributed by atoms with Gasteiger partial charge in [-0.3, -0.25) is 0 Å².